The number of nitrogens with zero attached hydrogens (tertiary/aromatic N) is 1. The molecular weight excluding hydrogens is 338 g/mol. The second kappa shape index (κ2) is 9.31. The van der Waals surface area contributed by atoms with Crippen LogP contribution in [0.3, 0.4) is 0 Å². The predicted octanol–water partition coefficient (Wildman–Crippen LogP) is 4.43. The van der Waals surface area contributed by atoms with Crippen LogP contribution in [-0.4, -0.2) is 17.5 Å². The maximum absolute atomic E-state index is 12.0. The lowest BCUT2D eigenvalue weighted by molar-refractivity contribution is -0.124. The van der Waals surface area contributed by atoms with Gasteiger partial charge >= 0.3 is 0 Å². The summed E-state index contributed by atoms with van der Waals surface area (Å²) in [6.45, 7) is 12.0. The molecule has 0 aliphatic heterocycles. The van der Waals surface area contributed by atoms with Gasteiger partial charge in [-0.2, -0.15) is 5.10 Å². The number of hydrazone groups is 1. The average Bonchev–Trinajstić information content (AvgIpc) is 2.62. The fraction of sp³-hybridized carbons (Fsp3) is 0.409. The summed E-state index contributed by atoms with van der Waals surface area (Å²) in [5.41, 5.74) is 8.70. The molecule has 27 heavy (non-hydrogen) atoms. The van der Waals surface area contributed by atoms with Crippen LogP contribution < -0.4 is 10.7 Å². The number of hydrogen-bond donors (Lipinski definition) is 2. The number of carbonyl (C=O) groups excluding carboxylic acids is 2. The molecule has 0 heterocycles. The van der Waals surface area contributed by atoms with Gasteiger partial charge in [0.1, 0.15) is 0 Å². The van der Waals surface area contributed by atoms with Crippen LogP contribution in [0.5, 0.6) is 0 Å². The quantitative estimate of drug-likeness (QED) is 0.577. The van der Waals surface area contributed by atoms with Gasteiger partial charge in [0, 0.05) is 18.5 Å². The summed E-state index contributed by atoms with van der Waals surface area (Å²) in [6, 6.07) is 5.75. The normalized spacial score (nSPS) is 18.0. The maximum atomic E-state index is 12.0. The molecule has 1 aliphatic rings. The van der Waals surface area contributed by atoms with E-state index in [1.165, 1.54) is 5.56 Å². The zero-order valence-electron chi connectivity index (χ0n) is 16.7. The molecule has 2 N–H and O–H groups in total. The van der Waals surface area contributed by atoms with E-state index in [9.17, 15) is 9.59 Å². The lowest BCUT2D eigenvalue weighted by Crippen LogP contribution is -2.24. The van der Waals surface area contributed by atoms with Crippen molar-refractivity contribution in [3.8, 4) is 0 Å². The zero-order valence-corrected chi connectivity index (χ0v) is 16.7. The van der Waals surface area contributed by atoms with Crippen molar-refractivity contribution < 1.29 is 9.59 Å². The Morgan fingerprint density at radius 2 is 1.85 bits per heavy atom. The van der Waals surface area contributed by atoms with E-state index >= 15 is 0 Å². The Kier molecular flexibility index (Phi) is 7.11. The Morgan fingerprint density at radius 3 is 2.52 bits per heavy atom. The summed E-state index contributed by atoms with van der Waals surface area (Å²) in [4.78, 5) is 24.1. The summed E-state index contributed by atoms with van der Waals surface area (Å²) >= 11 is 0. The van der Waals surface area contributed by atoms with Gasteiger partial charge in [-0.05, 0) is 75.3 Å². The van der Waals surface area contributed by atoms with E-state index in [0.29, 0.717) is 5.92 Å². The van der Waals surface area contributed by atoms with E-state index in [4.69, 9.17) is 0 Å². The van der Waals surface area contributed by atoms with Crippen LogP contribution in [0, 0.1) is 19.8 Å². The number of amides is 2. The van der Waals surface area contributed by atoms with E-state index < -0.39 is 0 Å². The molecule has 2 rings (SSSR count). The Bertz CT molecular complexity index is 806. The highest BCUT2D eigenvalue weighted by Crippen LogP contribution is 2.26. The molecule has 0 bridgehead atoms. The third-order valence-electron chi connectivity index (χ3n) is 4.99. The molecule has 144 valence electrons. The number of rotatable bonds is 6. The topological polar surface area (TPSA) is 70.6 Å². The van der Waals surface area contributed by atoms with E-state index in [0.717, 1.165) is 41.0 Å². The summed E-state index contributed by atoms with van der Waals surface area (Å²) in [5.74, 6) is -0.0757. The van der Waals surface area contributed by atoms with Crippen molar-refractivity contribution in [2.75, 3.05) is 5.32 Å². The molecule has 1 aromatic carbocycles. The Morgan fingerprint density at radius 1 is 1.15 bits per heavy atom. The minimum atomic E-state index is -0.261. The molecule has 1 atom stereocenters. The Balaban J connectivity index is 1.82. The van der Waals surface area contributed by atoms with E-state index in [1.807, 2.05) is 45.9 Å². The van der Waals surface area contributed by atoms with Crippen molar-refractivity contribution in [3.05, 3.63) is 53.1 Å². The summed E-state index contributed by atoms with van der Waals surface area (Å²) < 4.78 is 0. The lowest BCUT2D eigenvalue weighted by atomic mass is 9.85. The molecule has 1 aromatic rings. The number of hydrogen-bond acceptors (Lipinski definition) is 3. The monoisotopic (exact) mass is 367 g/mol. The average molecular weight is 367 g/mol. The van der Waals surface area contributed by atoms with Gasteiger partial charge in [0.2, 0.25) is 11.8 Å². The summed E-state index contributed by atoms with van der Waals surface area (Å²) in [5, 5.41) is 7.08. The van der Waals surface area contributed by atoms with Crippen molar-refractivity contribution in [3.63, 3.8) is 0 Å². The number of carbonyl (C=O) groups is 2. The third-order valence-corrected chi connectivity index (χ3v) is 4.99. The standard InChI is InChI=1S/C22H29N3O2/c1-14(2)18-8-6-16(4)20(13-18)24-25-22(27)11-10-21(26)23-19-9-7-15(3)17(5)12-19/h6-7,9,12,18H,1,8,10-11,13H2,2-5H3,(H,23,26)(H,25,27). The first-order valence-corrected chi connectivity index (χ1v) is 9.31. The van der Waals surface area contributed by atoms with Crippen molar-refractivity contribution in [2.45, 2.75) is 53.4 Å². The number of allylic oxidation sites excluding steroid dienone is 3. The Hall–Kier alpha value is -2.69. The molecule has 2 amide bonds. The van der Waals surface area contributed by atoms with E-state index in [-0.39, 0.29) is 24.7 Å². The lowest BCUT2D eigenvalue weighted by Gasteiger charge is -2.22. The predicted molar refractivity (Wildman–Crippen MR) is 111 cm³/mol. The highest BCUT2D eigenvalue weighted by molar-refractivity contribution is 6.01. The van der Waals surface area contributed by atoms with Crippen LogP contribution >= 0.6 is 0 Å². The van der Waals surface area contributed by atoms with Crippen LogP contribution in [0.25, 0.3) is 0 Å². The van der Waals surface area contributed by atoms with Gasteiger partial charge in [0.05, 0.1) is 5.71 Å². The van der Waals surface area contributed by atoms with Crippen LogP contribution in [0.4, 0.5) is 5.69 Å². The highest BCUT2D eigenvalue weighted by atomic mass is 16.2. The molecule has 5 heteroatoms. The van der Waals surface area contributed by atoms with Crippen LogP contribution in [0.2, 0.25) is 0 Å². The minimum Gasteiger partial charge on any atom is -0.326 e. The van der Waals surface area contributed by atoms with Gasteiger partial charge in [-0.1, -0.05) is 24.3 Å². The summed E-state index contributed by atoms with van der Waals surface area (Å²) in [6.07, 6.45) is 4.09. The Labute approximate surface area is 161 Å². The van der Waals surface area contributed by atoms with Gasteiger partial charge in [-0.3, -0.25) is 9.59 Å². The van der Waals surface area contributed by atoms with Gasteiger partial charge in [-0.15, -0.1) is 0 Å². The zero-order chi connectivity index (χ0) is 20.0. The van der Waals surface area contributed by atoms with Gasteiger partial charge < -0.3 is 5.32 Å². The molecule has 1 aliphatic carbocycles. The van der Waals surface area contributed by atoms with Crippen molar-refractivity contribution >= 4 is 23.2 Å². The number of anilines is 1. The SMILES string of the molecule is C=C(C)C1CC=C(C)C(=NNC(=O)CCC(=O)Nc2ccc(C)c(C)c2)C1. The molecular formula is C22H29N3O2. The molecule has 0 saturated heterocycles. The van der Waals surface area contributed by atoms with Crippen molar-refractivity contribution in [2.24, 2.45) is 11.0 Å². The third kappa shape index (κ3) is 6.20. The fourth-order valence-electron chi connectivity index (χ4n) is 2.88. The van der Waals surface area contributed by atoms with Crippen LogP contribution in [-0.2, 0) is 9.59 Å². The van der Waals surface area contributed by atoms with Crippen LogP contribution in [0.1, 0.15) is 50.7 Å². The van der Waals surface area contributed by atoms with Crippen molar-refractivity contribution in [1.82, 2.24) is 5.43 Å². The minimum absolute atomic E-state index is 0.0974. The van der Waals surface area contributed by atoms with E-state index in [2.05, 4.69) is 28.5 Å². The maximum Gasteiger partial charge on any atom is 0.240 e. The molecule has 0 aromatic heterocycles. The number of nitrogens with one attached hydrogen (secondary N) is 2. The molecule has 0 saturated carbocycles. The first-order valence-electron chi connectivity index (χ1n) is 9.31. The van der Waals surface area contributed by atoms with Gasteiger partial charge in [0.25, 0.3) is 0 Å². The summed E-state index contributed by atoms with van der Waals surface area (Å²) in [7, 11) is 0. The van der Waals surface area contributed by atoms with E-state index in [1.54, 1.807) is 0 Å². The first kappa shape index (κ1) is 20.6. The van der Waals surface area contributed by atoms with Gasteiger partial charge in [-0.25, -0.2) is 5.43 Å². The number of aryl methyl sites for hydroxylation is 2. The smallest absolute Gasteiger partial charge is 0.240 e. The van der Waals surface area contributed by atoms with Crippen molar-refractivity contribution in [1.29, 1.82) is 0 Å². The molecule has 0 radical (unpaired) electrons. The highest BCUT2D eigenvalue weighted by Gasteiger charge is 2.18. The molecule has 5 nitrogen and oxygen atoms in total. The number of benzene rings is 1. The fourth-order valence-corrected chi connectivity index (χ4v) is 2.88. The molecule has 0 spiro atoms. The largest absolute Gasteiger partial charge is 0.326 e. The molecule has 0 fully saturated rings. The van der Waals surface area contributed by atoms with Crippen LogP contribution in [0.15, 0.2) is 47.1 Å². The molecule has 1 unspecified atom stereocenters. The van der Waals surface area contributed by atoms with Gasteiger partial charge in [0.15, 0.2) is 0 Å². The first-order chi connectivity index (χ1) is 12.8. The second-order valence-electron chi connectivity index (χ2n) is 7.31. The second-order valence-corrected chi connectivity index (χ2v) is 7.31.